The van der Waals surface area contributed by atoms with Crippen LogP contribution in [0.3, 0.4) is 0 Å². The molecule has 26 heavy (non-hydrogen) atoms. The van der Waals surface area contributed by atoms with Crippen LogP contribution in [0.2, 0.25) is 0 Å². The van der Waals surface area contributed by atoms with E-state index in [1.807, 2.05) is 41.1 Å². The lowest BCUT2D eigenvalue weighted by molar-refractivity contribution is 1.22. The molecule has 3 heterocycles. The van der Waals surface area contributed by atoms with Crippen molar-refractivity contribution in [3.8, 4) is 39.6 Å². The number of nitrogens with one attached hydrogen (secondary N) is 1. The fourth-order valence-corrected chi connectivity index (χ4v) is 3.66. The molecule has 4 aromatic rings. The molecular formula is C21H13N3OS. The van der Waals surface area contributed by atoms with Crippen molar-refractivity contribution in [1.82, 2.24) is 9.97 Å². The SMILES string of the molecule is N#Cc1ccccc1-c1c(-c2ccsc2)c(-c2ccccn2)c[nH]c1=O. The molecule has 5 heteroatoms. The van der Waals surface area contributed by atoms with Gasteiger partial charge >= 0.3 is 0 Å². The van der Waals surface area contributed by atoms with Crippen molar-refractivity contribution in [3.63, 3.8) is 0 Å². The van der Waals surface area contributed by atoms with E-state index in [0.29, 0.717) is 16.7 Å². The van der Waals surface area contributed by atoms with Crippen molar-refractivity contribution in [3.05, 3.63) is 87.6 Å². The van der Waals surface area contributed by atoms with Gasteiger partial charge in [-0.1, -0.05) is 24.3 Å². The number of hydrogen-bond acceptors (Lipinski definition) is 4. The molecule has 0 saturated heterocycles. The number of hydrogen-bond donors (Lipinski definition) is 1. The molecule has 4 rings (SSSR count). The van der Waals surface area contributed by atoms with Gasteiger partial charge in [0.2, 0.25) is 0 Å². The summed E-state index contributed by atoms with van der Waals surface area (Å²) in [7, 11) is 0. The quantitative estimate of drug-likeness (QED) is 0.579. The Hall–Kier alpha value is -3.49. The second-order valence-electron chi connectivity index (χ2n) is 5.67. The van der Waals surface area contributed by atoms with E-state index >= 15 is 0 Å². The van der Waals surface area contributed by atoms with Crippen LogP contribution in [0.15, 0.2) is 76.5 Å². The molecular weight excluding hydrogens is 342 g/mol. The lowest BCUT2D eigenvalue weighted by atomic mass is 9.90. The zero-order valence-electron chi connectivity index (χ0n) is 13.6. The predicted octanol–water partition coefficient (Wildman–Crippen LogP) is 4.70. The summed E-state index contributed by atoms with van der Waals surface area (Å²) in [4.78, 5) is 20.1. The van der Waals surface area contributed by atoms with Gasteiger partial charge in [0.25, 0.3) is 5.56 Å². The number of nitriles is 1. The summed E-state index contributed by atoms with van der Waals surface area (Å²) in [5.41, 5.74) is 4.66. The molecule has 0 atom stereocenters. The second-order valence-corrected chi connectivity index (χ2v) is 6.45. The highest BCUT2D eigenvalue weighted by Gasteiger charge is 2.20. The summed E-state index contributed by atoms with van der Waals surface area (Å²) < 4.78 is 0. The van der Waals surface area contributed by atoms with Crippen LogP contribution in [0.25, 0.3) is 33.5 Å². The van der Waals surface area contributed by atoms with Crippen LogP contribution in [0.5, 0.6) is 0 Å². The van der Waals surface area contributed by atoms with Crippen LogP contribution in [0, 0.1) is 11.3 Å². The zero-order valence-corrected chi connectivity index (χ0v) is 14.5. The minimum absolute atomic E-state index is 0.228. The van der Waals surface area contributed by atoms with E-state index in [1.165, 1.54) is 0 Å². The van der Waals surface area contributed by atoms with Crippen LogP contribution in [0.1, 0.15) is 5.56 Å². The normalized spacial score (nSPS) is 10.4. The van der Waals surface area contributed by atoms with Crippen molar-refractivity contribution >= 4 is 11.3 Å². The average Bonchev–Trinajstić information content (AvgIpc) is 3.23. The molecule has 124 valence electrons. The van der Waals surface area contributed by atoms with Gasteiger partial charge in [-0.3, -0.25) is 9.78 Å². The summed E-state index contributed by atoms with van der Waals surface area (Å²) in [6.07, 6.45) is 3.41. The lowest BCUT2D eigenvalue weighted by Gasteiger charge is -2.14. The highest BCUT2D eigenvalue weighted by Crippen LogP contribution is 2.38. The molecule has 0 radical (unpaired) electrons. The van der Waals surface area contributed by atoms with Gasteiger partial charge in [-0.25, -0.2) is 0 Å². The first-order valence-corrected chi connectivity index (χ1v) is 8.93. The Morgan fingerprint density at radius 3 is 2.58 bits per heavy atom. The molecule has 1 aromatic carbocycles. The van der Waals surface area contributed by atoms with Crippen molar-refractivity contribution in [1.29, 1.82) is 5.26 Å². The fourth-order valence-electron chi connectivity index (χ4n) is 3.02. The van der Waals surface area contributed by atoms with Crippen molar-refractivity contribution < 1.29 is 0 Å². The Kier molecular flexibility index (Phi) is 4.18. The Morgan fingerprint density at radius 2 is 1.85 bits per heavy atom. The van der Waals surface area contributed by atoms with E-state index in [9.17, 15) is 10.1 Å². The van der Waals surface area contributed by atoms with Crippen LogP contribution < -0.4 is 5.56 Å². The number of rotatable bonds is 3. The number of benzene rings is 1. The molecule has 0 saturated carbocycles. The molecule has 0 amide bonds. The largest absolute Gasteiger partial charge is 0.328 e. The zero-order chi connectivity index (χ0) is 17.9. The number of aromatic amines is 1. The molecule has 0 aliphatic carbocycles. The van der Waals surface area contributed by atoms with Gasteiger partial charge in [0.1, 0.15) is 0 Å². The van der Waals surface area contributed by atoms with Gasteiger partial charge in [0, 0.05) is 29.1 Å². The van der Waals surface area contributed by atoms with Crippen molar-refractivity contribution in [2.45, 2.75) is 0 Å². The van der Waals surface area contributed by atoms with E-state index in [1.54, 1.807) is 41.9 Å². The third-order valence-electron chi connectivity index (χ3n) is 4.16. The van der Waals surface area contributed by atoms with E-state index in [4.69, 9.17) is 0 Å². The van der Waals surface area contributed by atoms with Gasteiger partial charge < -0.3 is 4.98 Å². The summed E-state index contributed by atoms with van der Waals surface area (Å²) in [6.45, 7) is 0. The van der Waals surface area contributed by atoms with Gasteiger partial charge in [0.05, 0.1) is 22.9 Å². The summed E-state index contributed by atoms with van der Waals surface area (Å²) in [5, 5.41) is 13.5. The van der Waals surface area contributed by atoms with E-state index in [0.717, 1.165) is 22.4 Å². The highest BCUT2D eigenvalue weighted by molar-refractivity contribution is 7.08. The highest BCUT2D eigenvalue weighted by atomic mass is 32.1. The first kappa shape index (κ1) is 16.0. The minimum atomic E-state index is -0.228. The number of thiophene rings is 1. The maximum Gasteiger partial charge on any atom is 0.256 e. The lowest BCUT2D eigenvalue weighted by Crippen LogP contribution is -2.12. The van der Waals surface area contributed by atoms with E-state index in [-0.39, 0.29) is 5.56 Å². The van der Waals surface area contributed by atoms with Gasteiger partial charge in [-0.05, 0) is 40.6 Å². The number of pyridine rings is 2. The van der Waals surface area contributed by atoms with Gasteiger partial charge in [0.15, 0.2) is 0 Å². The molecule has 0 fully saturated rings. The Morgan fingerprint density at radius 1 is 1.00 bits per heavy atom. The number of H-pyrrole nitrogens is 1. The predicted molar refractivity (Wildman–Crippen MR) is 104 cm³/mol. The summed E-state index contributed by atoms with van der Waals surface area (Å²) >= 11 is 1.56. The molecule has 4 nitrogen and oxygen atoms in total. The standard InChI is InChI=1S/C21H13N3OS/c22-11-14-5-1-2-6-16(14)20-19(15-8-10-26-13-15)17(12-24-21(20)25)18-7-3-4-9-23-18/h1-10,12-13H,(H,24,25). The average molecular weight is 355 g/mol. The van der Waals surface area contributed by atoms with Gasteiger partial charge in [-0.15, -0.1) is 0 Å². The summed E-state index contributed by atoms with van der Waals surface area (Å²) in [6, 6.07) is 17.0. The van der Waals surface area contributed by atoms with Crippen molar-refractivity contribution in [2.75, 3.05) is 0 Å². The van der Waals surface area contributed by atoms with Crippen LogP contribution in [-0.2, 0) is 0 Å². The smallest absolute Gasteiger partial charge is 0.256 e. The molecule has 3 aromatic heterocycles. The van der Waals surface area contributed by atoms with Crippen LogP contribution in [0.4, 0.5) is 0 Å². The molecule has 0 bridgehead atoms. The third-order valence-corrected chi connectivity index (χ3v) is 4.84. The first-order valence-electron chi connectivity index (χ1n) is 7.99. The Labute approximate surface area is 154 Å². The molecule has 0 unspecified atom stereocenters. The fraction of sp³-hybridized carbons (Fsp3) is 0. The molecule has 0 aliphatic rings. The summed E-state index contributed by atoms with van der Waals surface area (Å²) in [5.74, 6) is 0. The van der Waals surface area contributed by atoms with E-state index < -0.39 is 0 Å². The number of aromatic nitrogens is 2. The van der Waals surface area contributed by atoms with Crippen LogP contribution in [-0.4, -0.2) is 9.97 Å². The molecule has 0 aliphatic heterocycles. The maximum atomic E-state index is 12.8. The first-order chi connectivity index (χ1) is 12.8. The van der Waals surface area contributed by atoms with E-state index in [2.05, 4.69) is 16.0 Å². The Balaban J connectivity index is 2.13. The molecule has 0 spiro atoms. The van der Waals surface area contributed by atoms with Gasteiger partial charge in [-0.2, -0.15) is 16.6 Å². The third kappa shape index (κ3) is 2.73. The molecule has 1 N–H and O–H groups in total. The Bertz CT molecular complexity index is 1160. The topological polar surface area (TPSA) is 69.5 Å². The minimum Gasteiger partial charge on any atom is -0.328 e. The monoisotopic (exact) mass is 355 g/mol. The maximum absolute atomic E-state index is 12.8. The van der Waals surface area contributed by atoms with Crippen LogP contribution >= 0.6 is 11.3 Å². The number of nitrogens with zero attached hydrogens (tertiary/aromatic N) is 2. The second kappa shape index (κ2) is 6.79. The van der Waals surface area contributed by atoms with Crippen molar-refractivity contribution in [2.24, 2.45) is 0 Å².